The third-order valence-corrected chi connectivity index (χ3v) is 9.96. The molecule has 0 heteroatoms. The molecule has 8 rings (SSSR count). The largest absolute Gasteiger partial charge is 0.0984 e. The van der Waals surface area contributed by atoms with E-state index in [2.05, 4.69) is 163 Å². The summed E-state index contributed by atoms with van der Waals surface area (Å²) < 4.78 is 0. The normalized spacial score (nSPS) is 12.5. The molecule has 7 aromatic rings. The van der Waals surface area contributed by atoms with E-state index < -0.39 is 0 Å². The summed E-state index contributed by atoms with van der Waals surface area (Å²) in [7, 11) is 0. The molecular weight excluding hydrogens is 589 g/mol. The summed E-state index contributed by atoms with van der Waals surface area (Å²) in [5.41, 5.74) is 13.7. The van der Waals surface area contributed by atoms with E-state index in [9.17, 15) is 0 Å². The standard InChI is InChI=1S/C46H40.C3H6/c1-8-31-15-16-33(24-32(31)9-2)34-17-18-36-26-37(20-19-35(36)25-34)38-14-13-29(3)43(27-38)41-11-10-12-42-44-28-40(46(5,6)7)22-21-39(44)23-30(4)45(41)42;1-2-3-1/h8-28H,1-2H2,3-7H3;1-3H2. The first-order chi connectivity index (χ1) is 23.6. The molecule has 0 unspecified atom stereocenters. The van der Waals surface area contributed by atoms with E-state index in [1.165, 1.54) is 102 Å². The molecule has 0 radical (unpaired) electrons. The van der Waals surface area contributed by atoms with Crippen LogP contribution in [0.1, 0.15) is 67.9 Å². The Labute approximate surface area is 292 Å². The Kier molecular flexibility index (Phi) is 8.59. The van der Waals surface area contributed by atoms with Crippen LogP contribution in [0, 0.1) is 13.8 Å². The summed E-state index contributed by atoms with van der Waals surface area (Å²) >= 11 is 0. The Morgan fingerprint density at radius 1 is 0.490 bits per heavy atom. The van der Waals surface area contributed by atoms with Gasteiger partial charge in [-0.2, -0.15) is 0 Å². The van der Waals surface area contributed by atoms with E-state index >= 15 is 0 Å². The maximum atomic E-state index is 3.99. The predicted molar refractivity (Wildman–Crippen MR) is 217 cm³/mol. The van der Waals surface area contributed by atoms with Crippen molar-refractivity contribution in [1.29, 1.82) is 0 Å². The van der Waals surface area contributed by atoms with Gasteiger partial charge in [0.15, 0.2) is 0 Å². The van der Waals surface area contributed by atoms with Crippen molar-refractivity contribution in [2.45, 2.75) is 59.3 Å². The minimum atomic E-state index is 0.0986. The second kappa shape index (κ2) is 13.0. The van der Waals surface area contributed by atoms with Crippen LogP contribution >= 0.6 is 0 Å². The highest BCUT2D eigenvalue weighted by Crippen LogP contribution is 2.40. The van der Waals surface area contributed by atoms with E-state index in [0.29, 0.717) is 0 Å². The lowest BCUT2D eigenvalue weighted by Gasteiger charge is -2.21. The summed E-state index contributed by atoms with van der Waals surface area (Å²) in [4.78, 5) is 0. The van der Waals surface area contributed by atoms with E-state index in [1.807, 2.05) is 12.2 Å². The average molecular weight is 635 g/mol. The van der Waals surface area contributed by atoms with Crippen LogP contribution in [-0.2, 0) is 5.41 Å². The first-order valence-electron chi connectivity index (χ1n) is 17.7. The lowest BCUT2D eigenvalue weighted by molar-refractivity contribution is 0.591. The molecule has 0 bridgehead atoms. The fraction of sp³-hybridized carbons (Fsp3) is 0.184. The van der Waals surface area contributed by atoms with Crippen LogP contribution in [0.15, 0.2) is 128 Å². The molecule has 0 amide bonds. The summed E-state index contributed by atoms with van der Waals surface area (Å²) in [6, 6.07) is 43.1. The third-order valence-electron chi connectivity index (χ3n) is 9.96. The second-order valence-electron chi connectivity index (χ2n) is 14.7. The maximum absolute atomic E-state index is 3.99. The molecule has 1 aliphatic rings. The Bertz CT molecular complexity index is 2390. The highest BCUT2D eigenvalue weighted by molar-refractivity contribution is 6.14. The van der Waals surface area contributed by atoms with Crippen LogP contribution in [0.5, 0.6) is 0 Å². The summed E-state index contributed by atoms with van der Waals surface area (Å²) in [6.07, 6.45) is 8.28. The van der Waals surface area contributed by atoms with Gasteiger partial charge in [-0.05, 0) is 137 Å². The third kappa shape index (κ3) is 6.49. The Balaban J connectivity index is 0.00000120. The van der Waals surface area contributed by atoms with Gasteiger partial charge in [0.2, 0.25) is 0 Å². The molecule has 0 nitrogen and oxygen atoms in total. The number of hydrogen-bond acceptors (Lipinski definition) is 0. The molecule has 0 heterocycles. The van der Waals surface area contributed by atoms with Gasteiger partial charge in [0.05, 0.1) is 0 Å². The average Bonchev–Trinajstić information content (AvgIpc) is 4.01. The van der Waals surface area contributed by atoms with Gasteiger partial charge in [-0.3, -0.25) is 0 Å². The number of hydrogen-bond donors (Lipinski definition) is 0. The molecule has 0 aromatic heterocycles. The summed E-state index contributed by atoms with van der Waals surface area (Å²) in [5, 5.41) is 7.76. The number of benzene rings is 7. The van der Waals surface area contributed by atoms with Crippen LogP contribution in [0.25, 0.3) is 77.9 Å². The van der Waals surface area contributed by atoms with Crippen LogP contribution in [-0.4, -0.2) is 0 Å². The van der Waals surface area contributed by atoms with E-state index in [1.54, 1.807) is 0 Å². The van der Waals surface area contributed by atoms with Crippen LogP contribution in [0.4, 0.5) is 0 Å². The monoisotopic (exact) mass is 634 g/mol. The quantitative estimate of drug-likeness (QED) is 0.165. The number of aryl methyl sites for hydroxylation is 2. The van der Waals surface area contributed by atoms with Crippen molar-refractivity contribution in [3.05, 3.63) is 156 Å². The Hall–Kier alpha value is -5.20. The highest BCUT2D eigenvalue weighted by atomic mass is 14.2. The predicted octanol–water partition coefficient (Wildman–Crippen LogP) is 14.5. The molecule has 0 atom stereocenters. The molecule has 1 saturated carbocycles. The van der Waals surface area contributed by atoms with E-state index in [4.69, 9.17) is 0 Å². The number of rotatable bonds is 5. The summed E-state index contributed by atoms with van der Waals surface area (Å²) in [5.74, 6) is 0. The van der Waals surface area contributed by atoms with Crippen LogP contribution < -0.4 is 0 Å². The van der Waals surface area contributed by atoms with Crippen LogP contribution in [0.3, 0.4) is 0 Å². The lowest BCUT2D eigenvalue weighted by atomic mass is 9.84. The van der Waals surface area contributed by atoms with Crippen molar-refractivity contribution >= 4 is 44.5 Å². The molecule has 0 aliphatic heterocycles. The SMILES string of the molecule is C1CC1.C=Cc1ccc(-c2ccc3cc(-c4ccc(C)c(-c5cccc6c5c(C)cc5ccc(C(C)(C)C)cc56)c4)ccc3c2)cc1C=C. The van der Waals surface area contributed by atoms with Crippen molar-refractivity contribution in [2.75, 3.05) is 0 Å². The first-order valence-corrected chi connectivity index (χ1v) is 17.7. The van der Waals surface area contributed by atoms with Gasteiger partial charge >= 0.3 is 0 Å². The second-order valence-corrected chi connectivity index (χ2v) is 14.7. The van der Waals surface area contributed by atoms with Crippen molar-refractivity contribution in [1.82, 2.24) is 0 Å². The summed E-state index contributed by atoms with van der Waals surface area (Å²) in [6.45, 7) is 19.3. The van der Waals surface area contributed by atoms with Gasteiger partial charge in [0, 0.05) is 0 Å². The van der Waals surface area contributed by atoms with Crippen LogP contribution in [0.2, 0.25) is 0 Å². The topological polar surface area (TPSA) is 0 Å². The Morgan fingerprint density at radius 3 is 1.71 bits per heavy atom. The minimum absolute atomic E-state index is 0.0986. The molecule has 0 spiro atoms. The number of fused-ring (bicyclic) bond motifs is 4. The first kappa shape index (κ1) is 32.4. The lowest BCUT2D eigenvalue weighted by Crippen LogP contribution is -2.10. The molecule has 49 heavy (non-hydrogen) atoms. The molecule has 0 saturated heterocycles. The minimum Gasteiger partial charge on any atom is -0.0984 e. The van der Waals surface area contributed by atoms with Gasteiger partial charge in [0.25, 0.3) is 0 Å². The molecular formula is C49H46. The zero-order valence-corrected chi connectivity index (χ0v) is 29.7. The fourth-order valence-electron chi connectivity index (χ4n) is 6.93. The molecule has 1 fully saturated rings. The van der Waals surface area contributed by atoms with Gasteiger partial charge in [-0.15, -0.1) is 0 Å². The van der Waals surface area contributed by atoms with Crippen molar-refractivity contribution in [3.8, 4) is 33.4 Å². The van der Waals surface area contributed by atoms with Gasteiger partial charge < -0.3 is 0 Å². The molecule has 1 aliphatic carbocycles. The highest BCUT2D eigenvalue weighted by Gasteiger charge is 2.17. The van der Waals surface area contributed by atoms with Crippen molar-refractivity contribution < 1.29 is 0 Å². The molecule has 0 N–H and O–H groups in total. The maximum Gasteiger partial charge on any atom is -0.00696 e. The van der Waals surface area contributed by atoms with E-state index in [-0.39, 0.29) is 5.41 Å². The van der Waals surface area contributed by atoms with Gasteiger partial charge in [0.1, 0.15) is 0 Å². The van der Waals surface area contributed by atoms with Gasteiger partial charge in [-0.25, -0.2) is 0 Å². The van der Waals surface area contributed by atoms with Crippen molar-refractivity contribution in [2.24, 2.45) is 0 Å². The van der Waals surface area contributed by atoms with Gasteiger partial charge in [-0.1, -0.05) is 156 Å². The fourth-order valence-corrected chi connectivity index (χ4v) is 6.93. The Morgan fingerprint density at radius 2 is 1.08 bits per heavy atom. The smallest absolute Gasteiger partial charge is 0.00696 e. The molecule has 242 valence electrons. The zero-order valence-electron chi connectivity index (χ0n) is 29.7. The van der Waals surface area contributed by atoms with Crippen molar-refractivity contribution in [3.63, 3.8) is 0 Å². The molecule has 7 aromatic carbocycles. The zero-order chi connectivity index (χ0) is 34.3. The van der Waals surface area contributed by atoms with E-state index in [0.717, 1.165) is 11.1 Å².